The van der Waals surface area contributed by atoms with E-state index in [1.807, 2.05) is 41.5 Å². The molecule has 0 aromatic rings. The highest BCUT2D eigenvalue weighted by molar-refractivity contribution is 6.08. The summed E-state index contributed by atoms with van der Waals surface area (Å²) in [5.74, 6) is 10.5. The molecule has 0 aromatic carbocycles. The van der Waals surface area contributed by atoms with Gasteiger partial charge in [-0.1, -0.05) is 11.8 Å². The monoisotopic (exact) mass is 190 g/mol. The molecule has 0 unspecified atom stereocenters. The van der Waals surface area contributed by atoms with Gasteiger partial charge in [-0.25, -0.2) is 0 Å². The van der Waals surface area contributed by atoms with Gasteiger partial charge in [-0.15, -0.1) is 0 Å². The number of rotatable bonds is 0. The van der Waals surface area contributed by atoms with Crippen molar-refractivity contribution in [1.82, 2.24) is 0 Å². The van der Waals surface area contributed by atoms with Gasteiger partial charge in [-0.05, 0) is 53.4 Å². The lowest BCUT2D eigenvalue weighted by Crippen LogP contribution is -2.03. The molecule has 0 heterocycles. The van der Waals surface area contributed by atoms with Crippen molar-refractivity contribution in [2.45, 2.75) is 41.5 Å². The number of ketones is 1. The Kier molecular flexibility index (Phi) is 3.96. The molecule has 0 spiro atoms. The van der Waals surface area contributed by atoms with Gasteiger partial charge in [-0.2, -0.15) is 0 Å². The zero-order chi connectivity index (χ0) is 11.4. The number of hydrogen-bond acceptors (Lipinski definition) is 1. The third-order valence-corrected chi connectivity index (χ3v) is 1.10. The smallest absolute Gasteiger partial charge is 0.270 e. The average Bonchev–Trinajstić information content (AvgIpc) is 1.94. The van der Waals surface area contributed by atoms with E-state index in [9.17, 15) is 4.79 Å². The van der Waals surface area contributed by atoms with Gasteiger partial charge in [0.1, 0.15) is 0 Å². The summed E-state index contributed by atoms with van der Waals surface area (Å²) in [6, 6.07) is 0. The quantitative estimate of drug-likeness (QED) is 0.424. The van der Waals surface area contributed by atoms with Crippen LogP contribution < -0.4 is 0 Å². The fraction of sp³-hybridized carbons (Fsp3) is 0.615. The van der Waals surface area contributed by atoms with Crippen LogP contribution in [0.1, 0.15) is 41.5 Å². The third kappa shape index (κ3) is 8.88. The zero-order valence-corrected chi connectivity index (χ0v) is 9.91. The Morgan fingerprint density at radius 2 is 1.07 bits per heavy atom. The van der Waals surface area contributed by atoms with Crippen molar-refractivity contribution in [3.05, 3.63) is 0 Å². The van der Waals surface area contributed by atoms with Crippen LogP contribution in [0.2, 0.25) is 0 Å². The summed E-state index contributed by atoms with van der Waals surface area (Å²) in [6.45, 7) is 11.8. The molecule has 0 atom stereocenters. The Balaban J connectivity index is 4.51. The lowest BCUT2D eigenvalue weighted by atomic mass is 9.97. The van der Waals surface area contributed by atoms with Gasteiger partial charge < -0.3 is 0 Å². The molecule has 0 saturated heterocycles. The Bertz CT molecular complexity index is 292. The SMILES string of the molecule is CC(C)(C)C#CC(=O)C#CC(C)(C)C. The molecular formula is C13H18O. The minimum Gasteiger partial charge on any atom is -0.270 e. The fourth-order valence-electron chi connectivity index (χ4n) is 0.520. The van der Waals surface area contributed by atoms with Crippen LogP contribution in [0.4, 0.5) is 0 Å². The van der Waals surface area contributed by atoms with Crippen LogP contribution in [-0.4, -0.2) is 5.78 Å². The summed E-state index contributed by atoms with van der Waals surface area (Å²) in [7, 11) is 0. The molecule has 0 aliphatic heterocycles. The number of Topliss-reactive ketones (excluding diaryl/α,β-unsaturated/α-hetero) is 1. The Labute approximate surface area is 87.3 Å². The molecule has 0 amide bonds. The molecule has 0 aromatic heterocycles. The molecule has 0 bridgehead atoms. The van der Waals surface area contributed by atoms with Gasteiger partial charge in [0.15, 0.2) is 0 Å². The standard InChI is InChI=1S/C13H18O/c1-12(2,3)9-7-11(14)8-10-13(4,5)6/h1-6H3. The van der Waals surface area contributed by atoms with Crippen LogP contribution in [0.25, 0.3) is 0 Å². The molecule has 0 N–H and O–H groups in total. The summed E-state index contributed by atoms with van der Waals surface area (Å²) >= 11 is 0. The van der Waals surface area contributed by atoms with Crippen LogP contribution in [-0.2, 0) is 4.79 Å². The Hall–Kier alpha value is -1.21. The van der Waals surface area contributed by atoms with E-state index in [1.54, 1.807) is 0 Å². The van der Waals surface area contributed by atoms with Crippen molar-refractivity contribution in [2.75, 3.05) is 0 Å². The first kappa shape index (κ1) is 12.8. The highest BCUT2D eigenvalue weighted by Crippen LogP contribution is 2.10. The third-order valence-electron chi connectivity index (χ3n) is 1.10. The van der Waals surface area contributed by atoms with Crippen molar-refractivity contribution in [3.8, 4) is 23.7 Å². The molecule has 0 saturated carbocycles. The van der Waals surface area contributed by atoms with Crippen LogP contribution >= 0.6 is 0 Å². The molecule has 14 heavy (non-hydrogen) atoms. The molecule has 0 radical (unpaired) electrons. The van der Waals surface area contributed by atoms with E-state index < -0.39 is 0 Å². The number of hydrogen-bond donors (Lipinski definition) is 0. The molecule has 76 valence electrons. The van der Waals surface area contributed by atoms with E-state index in [0.717, 1.165) is 0 Å². The van der Waals surface area contributed by atoms with E-state index in [-0.39, 0.29) is 16.6 Å². The summed E-state index contributed by atoms with van der Waals surface area (Å²) in [6.07, 6.45) is 0. The molecule has 1 heteroatoms. The summed E-state index contributed by atoms with van der Waals surface area (Å²) in [5, 5.41) is 0. The molecule has 0 aliphatic carbocycles. The Morgan fingerprint density at radius 1 is 0.786 bits per heavy atom. The van der Waals surface area contributed by atoms with E-state index in [2.05, 4.69) is 23.7 Å². The minimum atomic E-state index is -0.296. The predicted molar refractivity (Wildman–Crippen MR) is 59.5 cm³/mol. The molecule has 1 nitrogen and oxygen atoms in total. The topological polar surface area (TPSA) is 17.1 Å². The molecular weight excluding hydrogens is 172 g/mol. The van der Waals surface area contributed by atoms with Gasteiger partial charge in [0.05, 0.1) is 0 Å². The first-order chi connectivity index (χ1) is 6.10. The molecule has 0 aliphatic rings. The predicted octanol–water partition coefficient (Wildman–Crippen LogP) is 2.65. The lowest BCUT2D eigenvalue weighted by Gasteiger charge is -2.06. The normalized spacial score (nSPS) is 10.7. The van der Waals surface area contributed by atoms with Crippen molar-refractivity contribution < 1.29 is 4.79 Å². The first-order valence-corrected chi connectivity index (χ1v) is 4.70. The van der Waals surface area contributed by atoms with E-state index in [4.69, 9.17) is 0 Å². The largest absolute Gasteiger partial charge is 0.279 e. The Morgan fingerprint density at radius 3 is 1.29 bits per heavy atom. The lowest BCUT2D eigenvalue weighted by molar-refractivity contribution is -0.109. The second kappa shape index (κ2) is 4.34. The summed E-state index contributed by atoms with van der Waals surface area (Å²) in [5.41, 5.74) is -0.280. The highest BCUT2D eigenvalue weighted by atomic mass is 16.1. The highest BCUT2D eigenvalue weighted by Gasteiger charge is 2.05. The maximum Gasteiger partial charge on any atom is 0.279 e. The molecule has 0 fully saturated rings. The van der Waals surface area contributed by atoms with Crippen LogP contribution in [0.3, 0.4) is 0 Å². The van der Waals surface area contributed by atoms with Crippen LogP contribution in [0, 0.1) is 34.5 Å². The van der Waals surface area contributed by atoms with Crippen molar-refractivity contribution in [1.29, 1.82) is 0 Å². The molecule has 0 rings (SSSR count). The summed E-state index contributed by atoms with van der Waals surface area (Å²) in [4.78, 5) is 11.2. The van der Waals surface area contributed by atoms with Crippen molar-refractivity contribution >= 4 is 5.78 Å². The van der Waals surface area contributed by atoms with Crippen LogP contribution in [0.5, 0.6) is 0 Å². The van der Waals surface area contributed by atoms with Crippen LogP contribution in [0.15, 0.2) is 0 Å². The second-order valence-electron chi connectivity index (χ2n) is 5.33. The number of carbonyl (C=O) groups is 1. The van der Waals surface area contributed by atoms with Gasteiger partial charge in [-0.3, -0.25) is 4.79 Å². The van der Waals surface area contributed by atoms with Gasteiger partial charge in [0.25, 0.3) is 5.78 Å². The van der Waals surface area contributed by atoms with Gasteiger partial charge in [0.2, 0.25) is 0 Å². The summed E-state index contributed by atoms with van der Waals surface area (Å²) < 4.78 is 0. The second-order valence-corrected chi connectivity index (χ2v) is 5.33. The van der Waals surface area contributed by atoms with Crippen molar-refractivity contribution in [3.63, 3.8) is 0 Å². The van der Waals surface area contributed by atoms with E-state index >= 15 is 0 Å². The zero-order valence-electron chi connectivity index (χ0n) is 9.91. The van der Waals surface area contributed by atoms with Gasteiger partial charge >= 0.3 is 0 Å². The van der Waals surface area contributed by atoms with E-state index in [1.165, 1.54) is 0 Å². The fourth-order valence-corrected chi connectivity index (χ4v) is 0.520. The maximum atomic E-state index is 11.2. The van der Waals surface area contributed by atoms with Gasteiger partial charge in [0, 0.05) is 10.8 Å². The minimum absolute atomic E-state index is 0.140. The average molecular weight is 190 g/mol. The first-order valence-electron chi connectivity index (χ1n) is 4.70. The maximum absolute atomic E-state index is 11.2. The number of carbonyl (C=O) groups excluding carboxylic acids is 1. The van der Waals surface area contributed by atoms with E-state index in [0.29, 0.717) is 0 Å². The van der Waals surface area contributed by atoms with Crippen molar-refractivity contribution in [2.24, 2.45) is 10.8 Å².